The van der Waals surface area contributed by atoms with Crippen molar-refractivity contribution in [3.8, 4) is 17.2 Å². The van der Waals surface area contributed by atoms with E-state index in [4.69, 9.17) is 18.9 Å². The average Bonchev–Trinajstić information content (AvgIpc) is 2.72. The lowest BCUT2D eigenvalue weighted by Crippen LogP contribution is -2.55. The van der Waals surface area contributed by atoms with E-state index in [0.29, 0.717) is 18.9 Å². The molecule has 0 radical (unpaired) electrons. The lowest BCUT2D eigenvalue weighted by molar-refractivity contribution is -0.149. The summed E-state index contributed by atoms with van der Waals surface area (Å²) in [5.74, 6) is 1.90. The van der Waals surface area contributed by atoms with Crippen molar-refractivity contribution in [1.29, 1.82) is 0 Å². The molecular formula is C21H27NO5. The number of benzene rings is 2. The fraction of sp³-hybridized carbons (Fsp3) is 0.381. The van der Waals surface area contributed by atoms with Crippen LogP contribution in [0, 0.1) is 0 Å². The molecule has 0 aliphatic heterocycles. The molecule has 2 aromatic carbocycles. The number of esters is 1. The van der Waals surface area contributed by atoms with Crippen LogP contribution in [0.1, 0.15) is 13.3 Å². The van der Waals surface area contributed by atoms with Gasteiger partial charge in [0.25, 0.3) is 0 Å². The molecule has 0 heterocycles. The molecule has 0 aliphatic carbocycles. The molecule has 1 atom stereocenters. The minimum Gasteiger partial charge on any atom is -0.497 e. The van der Waals surface area contributed by atoms with Crippen LogP contribution in [0.2, 0.25) is 0 Å². The molecular weight excluding hydrogens is 346 g/mol. The lowest BCUT2D eigenvalue weighted by Gasteiger charge is -2.28. The Kier molecular flexibility index (Phi) is 7.95. The van der Waals surface area contributed by atoms with Gasteiger partial charge in [-0.3, -0.25) is 5.32 Å². The maximum atomic E-state index is 12.2. The van der Waals surface area contributed by atoms with E-state index in [1.807, 2.05) is 54.6 Å². The van der Waals surface area contributed by atoms with Gasteiger partial charge in [0.05, 0.1) is 20.8 Å². The van der Waals surface area contributed by atoms with E-state index in [2.05, 4.69) is 5.32 Å². The van der Waals surface area contributed by atoms with E-state index in [9.17, 15) is 4.79 Å². The van der Waals surface area contributed by atoms with Crippen LogP contribution in [-0.4, -0.2) is 45.5 Å². The van der Waals surface area contributed by atoms with Gasteiger partial charge in [0.15, 0.2) is 0 Å². The van der Waals surface area contributed by atoms with Crippen LogP contribution in [0.15, 0.2) is 54.6 Å². The smallest absolute Gasteiger partial charge is 0.329 e. The highest BCUT2D eigenvalue weighted by Crippen LogP contribution is 2.17. The van der Waals surface area contributed by atoms with Gasteiger partial charge in [0.2, 0.25) is 0 Å². The molecule has 0 bridgehead atoms. The third kappa shape index (κ3) is 6.49. The van der Waals surface area contributed by atoms with Gasteiger partial charge in [-0.25, -0.2) is 4.79 Å². The number of carbonyl (C=O) groups excluding carboxylic acids is 1. The maximum Gasteiger partial charge on any atom is 0.329 e. The van der Waals surface area contributed by atoms with Crippen LogP contribution in [0.5, 0.6) is 17.2 Å². The highest BCUT2D eigenvalue weighted by Gasteiger charge is 2.34. The quantitative estimate of drug-likeness (QED) is 0.482. The lowest BCUT2D eigenvalue weighted by atomic mass is 10.0. The van der Waals surface area contributed by atoms with E-state index in [1.165, 1.54) is 7.11 Å². The van der Waals surface area contributed by atoms with Crippen LogP contribution < -0.4 is 19.5 Å². The summed E-state index contributed by atoms with van der Waals surface area (Å²) in [6.07, 6.45) is 0.726. The Morgan fingerprint density at radius 3 is 2.19 bits per heavy atom. The molecule has 0 spiro atoms. The zero-order valence-electron chi connectivity index (χ0n) is 16.1. The van der Waals surface area contributed by atoms with Gasteiger partial charge in [-0.2, -0.15) is 0 Å². The molecule has 1 N–H and O–H groups in total. The molecule has 0 fully saturated rings. The van der Waals surface area contributed by atoms with E-state index in [1.54, 1.807) is 14.0 Å². The number of para-hydroxylation sites is 1. The number of nitrogens with one attached hydrogen (secondary N) is 1. The van der Waals surface area contributed by atoms with E-state index < -0.39 is 5.54 Å². The SMILES string of the molecule is COC(=O)C(C)(COc1ccccc1)NCCCOc1ccc(OC)cc1. The molecule has 146 valence electrons. The molecule has 2 aromatic rings. The highest BCUT2D eigenvalue weighted by atomic mass is 16.5. The molecule has 0 aliphatic rings. The second kappa shape index (κ2) is 10.4. The minimum absolute atomic E-state index is 0.170. The van der Waals surface area contributed by atoms with Crippen molar-refractivity contribution < 1.29 is 23.7 Å². The number of hydrogen-bond acceptors (Lipinski definition) is 6. The van der Waals surface area contributed by atoms with Crippen molar-refractivity contribution >= 4 is 5.97 Å². The normalized spacial score (nSPS) is 12.7. The standard InChI is InChI=1S/C21H27NO5/c1-21(20(23)25-3,16-27-18-8-5-4-6-9-18)22-14-7-15-26-19-12-10-17(24-2)11-13-19/h4-6,8-13,22H,7,14-16H2,1-3H3. The summed E-state index contributed by atoms with van der Waals surface area (Å²) in [7, 11) is 3.00. The van der Waals surface area contributed by atoms with Crippen LogP contribution in [0.4, 0.5) is 0 Å². The van der Waals surface area contributed by atoms with Gasteiger partial charge in [0, 0.05) is 0 Å². The van der Waals surface area contributed by atoms with E-state index >= 15 is 0 Å². The predicted octanol–water partition coefficient (Wildman–Crippen LogP) is 3.06. The van der Waals surface area contributed by atoms with Crippen molar-refractivity contribution in [1.82, 2.24) is 5.32 Å². The zero-order chi connectivity index (χ0) is 19.5. The third-order valence-corrected chi connectivity index (χ3v) is 4.07. The Bertz CT molecular complexity index is 689. The monoisotopic (exact) mass is 373 g/mol. The first kappa shape index (κ1) is 20.6. The molecule has 0 amide bonds. The Balaban J connectivity index is 1.78. The molecule has 6 heteroatoms. The number of hydrogen-bond donors (Lipinski definition) is 1. The van der Waals surface area contributed by atoms with Gasteiger partial charge in [-0.05, 0) is 56.3 Å². The Morgan fingerprint density at radius 2 is 1.56 bits per heavy atom. The van der Waals surface area contributed by atoms with Gasteiger partial charge in [0.1, 0.15) is 29.4 Å². The third-order valence-electron chi connectivity index (χ3n) is 4.07. The van der Waals surface area contributed by atoms with Crippen LogP contribution in [-0.2, 0) is 9.53 Å². The summed E-state index contributed by atoms with van der Waals surface area (Å²) < 4.78 is 21.5. The second-order valence-electron chi connectivity index (χ2n) is 6.23. The number of rotatable bonds is 11. The zero-order valence-corrected chi connectivity index (χ0v) is 16.1. The second-order valence-corrected chi connectivity index (χ2v) is 6.23. The maximum absolute atomic E-state index is 12.2. The van der Waals surface area contributed by atoms with Gasteiger partial charge < -0.3 is 18.9 Å². The first-order chi connectivity index (χ1) is 13.1. The molecule has 0 saturated heterocycles. The summed E-state index contributed by atoms with van der Waals surface area (Å²) in [4.78, 5) is 12.2. The van der Waals surface area contributed by atoms with Crippen molar-refractivity contribution in [2.75, 3.05) is 34.0 Å². The van der Waals surface area contributed by atoms with Crippen LogP contribution >= 0.6 is 0 Å². The van der Waals surface area contributed by atoms with Crippen molar-refractivity contribution in [3.05, 3.63) is 54.6 Å². The first-order valence-corrected chi connectivity index (χ1v) is 8.85. The largest absolute Gasteiger partial charge is 0.497 e. The molecule has 2 rings (SSSR count). The summed E-state index contributed by atoms with van der Waals surface area (Å²) in [5.41, 5.74) is -0.940. The van der Waals surface area contributed by atoms with E-state index in [-0.39, 0.29) is 12.6 Å². The molecule has 1 unspecified atom stereocenters. The number of methoxy groups -OCH3 is 2. The molecule has 27 heavy (non-hydrogen) atoms. The number of ether oxygens (including phenoxy) is 4. The highest BCUT2D eigenvalue weighted by molar-refractivity contribution is 5.80. The predicted molar refractivity (Wildman–Crippen MR) is 103 cm³/mol. The molecule has 0 aromatic heterocycles. The van der Waals surface area contributed by atoms with Gasteiger partial charge >= 0.3 is 5.97 Å². The molecule has 0 saturated carbocycles. The first-order valence-electron chi connectivity index (χ1n) is 8.85. The van der Waals surface area contributed by atoms with Crippen molar-refractivity contribution in [2.24, 2.45) is 0 Å². The average molecular weight is 373 g/mol. The van der Waals surface area contributed by atoms with Crippen molar-refractivity contribution in [3.63, 3.8) is 0 Å². The Hall–Kier alpha value is -2.73. The summed E-state index contributed by atoms with van der Waals surface area (Å²) >= 11 is 0. The van der Waals surface area contributed by atoms with E-state index in [0.717, 1.165) is 17.9 Å². The van der Waals surface area contributed by atoms with Crippen LogP contribution in [0.25, 0.3) is 0 Å². The summed E-state index contributed by atoms with van der Waals surface area (Å²) in [5, 5.41) is 3.22. The fourth-order valence-corrected chi connectivity index (χ4v) is 2.45. The summed E-state index contributed by atoms with van der Waals surface area (Å²) in [6.45, 7) is 3.05. The fourth-order valence-electron chi connectivity index (χ4n) is 2.45. The van der Waals surface area contributed by atoms with Gasteiger partial charge in [-0.1, -0.05) is 18.2 Å². The summed E-state index contributed by atoms with van der Waals surface area (Å²) in [6, 6.07) is 16.8. The Morgan fingerprint density at radius 1 is 0.926 bits per heavy atom. The number of carbonyl (C=O) groups is 1. The van der Waals surface area contributed by atoms with Gasteiger partial charge in [-0.15, -0.1) is 0 Å². The minimum atomic E-state index is -0.940. The topological polar surface area (TPSA) is 66.0 Å². The Labute approximate surface area is 160 Å². The van der Waals surface area contributed by atoms with Crippen molar-refractivity contribution in [2.45, 2.75) is 18.9 Å². The molecule has 6 nitrogen and oxygen atoms in total. The van der Waals surface area contributed by atoms with Crippen LogP contribution in [0.3, 0.4) is 0 Å².